The van der Waals surface area contributed by atoms with E-state index in [9.17, 15) is 4.79 Å². The lowest BCUT2D eigenvalue weighted by Gasteiger charge is -2.56. The maximum absolute atomic E-state index is 13.1. The van der Waals surface area contributed by atoms with Gasteiger partial charge in [-0.3, -0.25) is 9.69 Å². The zero-order chi connectivity index (χ0) is 20.1. The van der Waals surface area contributed by atoms with Crippen LogP contribution in [0.1, 0.15) is 81.9 Å². The molecule has 0 atom stereocenters. The molecule has 2 heterocycles. The van der Waals surface area contributed by atoms with Crippen molar-refractivity contribution >= 4 is 11.7 Å². The molecule has 30 heavy (non-hydrogen) atoms. The van der Waals surface area contributed by atoms with Crippen molar-refractivity contribution in [2.45, 2.75) is 83.6 Å². The standard InChI is InChI=1S/C25H36N4O/c30-23(13-25-10-18-7-19(11-25)9-20(8-18)12-25)28-24-21-5-6-29(14-17-3-1-2-4-17)15-22(21)26-16-27-24/h16-20H,1-15H2,(H,26,27,28,30). The number of carbonyl (C=O) groups excluding carboxylic acids is 1. The van der Waals surface area contributed by atoms with Gasteiger partial charge >= 0.3 is 0 Å². The Kier molecular flexibility index (Phi) is 4.85. The minimum Gasteiger partial charge on any atom is -0.310 e. The highest BCUT2D eigenvalue weighted by atomic mass is 16.1. The second kappa shape index (κ2) is 7.58. The fourth-order valence-electron chi connectivity index (χ4n) is 8.25. The van der Waals surface area contributed by atoms with E-state index in [0.717, 1.165) is 54.7 Å². The molecule has 1 N–H and O–H groups in total. The minimum atomic E-state index is 0.186. The Balaban J connectivity index is 1.11. The number of nitrogens with zero attached hydrogens (tertiary/aromatic N) is 3. The fourth-order valence-corrected chi connectivity index (χ4v) is 8.25. The summed E-state index contributed by atoms with van der Waals surface area (Å²) in [5, 5.41) is 3.22. The highest BCUT2D eigenvalue weighted by Crippen LogP contribution is 2.61. The average molecular weight is 409 g/mol. The van der Waals surface area contributed by atoms with E-state index in [-0.39, 0.29) is 11.3 Å². The summed E-state index contributed by atoms with van der Waals surface area (Å²) in [6, 6.07) is 0. The molecule has 5 fully saturated rings. The Bertz CT molecular complexity index is 780. The first-order valence-corrected chi connectivity index (χ1v) is 12.5. The molecule has 0 spiro atoms. The van der Waals surface area contributed by atoms with E-state index in [1.165, 1.54) is 76.3 Å². The van der Waals surface area contributed by atoms with Crippen LogP contribution in [0.2, 0.25) is 0 Å². The number of rotatable bonds is 5. The largest absolute Gasteiger partial charge is 0.310 e. The lowest BCUT2D eigenvalue weighted by Crippen LogP contribution is -2.47. The summed E-state index contributed by atoms with van der Waals surface area (Å²) in [4.78, 5) is 24.7. The third kappa shape index (κ3) is 3.68. The van der Waals surface area contributed by atoms with Crippen LogP contribution in [0, 0.1) is 29.1 Å². The molecule has 0 saturated heterocycles. The minimum absolute atomic E-state index is 0.186. The molecule has 1 aliphatic heterocycles. The molecule has 162 valence electrons. The Morgan fingerprint density at radius 1 is 1.07 bits per heavy atom. The van der Waals surface area contributed by atoms with E-state index in [2.05, 4.69) is 20.2 Å². The highest BCUT2D eigenvalue weighted by molar-refractivity contribution is 5.91. The third-order valence-corrected chi connectivity index (χ3v) is 9.04. The van der Waals surface area contributed by atoms with Crippen molar-refractivity contribution in [2.24, 2.45) is 29.1 Å². The molecule has 1 amide bonds. The summed E-state index contributed by atoms with van der Waals surface area (Å²) in [5.41, 5.74) is 2.59. The zero-order valence-corrected chi connectivity index (χ0v) is 18.2. The molecule has 5 aliphatic carbocycles. The van der Waals surface area contributed by atoms with Gasteiger partial charge in [0, 0.05) is 31.6 Å². The van der Waals surface area contributed by atoms with E-state index >= 15 is 0 Å². The van der Waals surface area contributed by atoms with Crippen LogP contribution < -0.4 is 5.32 Å². The molecule has 1 aromatic heterocycles. The molecule has 1 aromatic rings. The van der Waals surface area contributed by atoms with Crippen LogP contribution in [0.3, 0.4) is 0 Å². The molecular weight excluding hydrogens is 372 g/mol. The molecular formula is C25H36N4O. The summed E-state index contributed by atoms with van der Waals surface area (Å²) in [7, 11) is 0. The predicted octanol–water partition coefficient (Wildman–Crippen LogP) is 4.57. The molecule has 0 aromatic carbocycles. The fraction of sp³-hybridized carbons (Fsp3) is 0.800. The first-order chi connectivity index (χ1) is 14.6. The SMILES string of the molecule is O=C(CC12CC3CC(CC(C3)C1)C2)Nc1ncnc2c1CCN(CC1CCCC1)C2. The van der Waals surface area contributed by atoms with Crippen molar-refractivity contribution in [1.29, 1.82) is 0 Å². The van der Waals surface area contributed by atoms with Gasteiger partial charge in [-0.15, -0.1) is 0 Å². The van der Waals surface area contributed by atoms with E-state index in [0.29, 0.717) is 6.42 Å². The number of aromatic nitrogens is 2. The lowest BCUT2D eigenvalue weighted by atomic mass is 9.49. The van der Waals surface area contributed by atoms with Gasteiger partial charge in [-0.2, -0.15) is 0 Å². The third-order valence-electron chi connectivity index (χ3n) is 9.04. The predicted molar refractivity (Wildman–Crippen MR) is 117 cm³/mol. The quantitative estimate of drug-likeness (QED) is 0.775. The number of anilines is 1. The Morgan fingerprint density at radius 2 is 1.77 bits per heavy atom. The number of hydrogen-bond donors (Lipinski definition) is 1. The summed E-state index contributed by atoms with van der Waals surface area (Å²) < 4.78 is 0. The van der Waals surface area contributed by atoms with Crippen LogP contribution >= 0.6 is 0 Å². The molecule has 0 radical (unpaired) electrons. The summed E-state index contributed by atoms with van der Waals surface area (Å²) in [6.45, 7) is 3.18. The van der Waals surface area contributed by atoms with Crippen molar-refractivity contribution in [1.82, 2.24) is 14.9 Å². The van der Waals surface area contributed by atoms with Gasteiger partial charge in [0.1, 0.15) is 12.1 Å². The maximum Gasteiger partial charge on any atom is 0.226 e. The molecule has 4 bridgehead atoms. The smallest absolute Gasteiger partial charge is 0.226 e. The van der Waals surface area contributed by atoms with E-state index < -0.39 is 0 Å². The number of nitrogens with one attached hydrogen (secondary N) is 1. The second-order valence-corrected chi connectivity index (χ2v) is 11.4. The second-order valence-electron chi connectivity index (χ2n) is 11.4. The average Bonchev–Trinajstić information content (AvgIpc) is 3.19. The monoisotopic (exact) mass is 408 g/mol. The molecule has 6 aliphatic rings. The Morgan fingerprint density at radius 3 is 2.47 bits per heavy atom. The lowest BCUT2D eigenvalue weighted by molar-refractivity contribution is -0.124. The van der Waals surface area contributed by atoms with Crippen LogP contribution in [0.15, 0.2) is 6.33 Å². The van der Waals surface area contributed by atoms with Crippen LogP contribution in [0.25, 0.3) is 0 Å². The highest BCUT2D eigenvalue weighted by Gasteiger charge is 2.51. The number of amides is 1. The van der Waals surface area contributed by atoms with Gasteiger partial charge in [-0.05, 0) is 86.9 Å². The first kappa shape index (κ1) is 19.2. The molecule has 0 unspecified atom stereocenters. The number of carbonyl (C=O) groups is 1. The number of hydrogen-bond acceptors (Lipinski definition) is 4. The van der Waals surface area contributed by atoms with Crippen molar-refractivity contribution in [3.63, 3.8) is 0 Å². The Hall–Kier alpha value is -1.49. The number of fused-ring (bicyclic) bond motifs is 1. The van der Waals surface area contributed by atoms with E-state index in [1.807, 2.05) is 0 Å². The van der Waals surface area contributed by atoms with Crippen molar-refractivity contribution < 1.29 is 4.79 Å². The van der Waals surface area contributed by atoms with E-state index in [1.54, 1.807) is 6.33 Å². The van der Waals surface area contributed by atoms with E-state index in [4.69, 9.17) is 0 Å². The van der Waals surface area contributed by atoms with Crippen LogP contribution in [-0.2, 0) is 17.8 Å². The molecule has 7 rings (SSSR count). The summed E-state index contributed by atoms with van der Waals surface area (Å²) in [5.74, 6) is 4.51. The van der Waals surface area contributed by atoms with Crippen molar-refractivity contribution in [2.75, 3.05) is 18.4 Å². The van der Waals surface area contributed by atoms with Crippen LogP contribution in [0.5, 0.6) is 0 Å². The zero-order valence-electron chi connectivity index (χ0n) is 18.2. The van der Waals surface area contributed by atoms with Gasteiger partial charge in [0.05, 0.1) is 5.69 Å². The van der Waals surface area contributed by atoms with Crippen LogP contribution in [0.4, 0.5) is 5.82 Å². The summed E-state index contributed by atoms with van der Waals surface area (Å²) in [6.07, 6.45) is 17.0. The van der Waals surface area contributed by atoms with Gasteiger partial charge in [-0.25, -0.2) is 9.97 Å². The van der Waals surface area contributed by atoms with Gasteiger partial charge < -0.3 is 5.32 Å². The van der Waals surface area contributed by atoms with Gasteiger partial charge in [-0.1, -0.05) is 12.8 Å². The first-order valence-electron chi connectivity index (χ1n) is 12.5. The Labute approximate surface area is 180 Å². The van der Waals surface area contributed by atoms with Crippen molar-refractivity contribution in [3.05, 3.63) is 17.6 Å². The van der Waals surface area contributed by atoms with Gasteiger partial charge in [0.15, 0.2) is 0 Å². The van der Waals surface area contributed by atoms with Gasteiger partial charge in [0.2, 0.25) is 5.91 Å². The maximum atomic E-state index is 13.1. The van der Waals surface area contributed by atoms with Crippen molar-refractivity contribution in [3.8, 4) is 0 Å². The van der Waals surface area contributed by atoms with Gasteiger partial charge in [0.25, 0.3) is 0 Å². The van der Waals surface area contributed by atoms with Crippen LogP contribution in [-0.4, -0.2) is 33.9 Å². The topological polar surface area (TPSA) is 58.1 Å². The molecule has 5 heteroatoms. The molecule has 5 nitrogen and oxygen atoms in total. The summed E-state index contributed by atoms with van der Waals surface area (Å²) >= 11 is 0. The molecule has 5 saturated carbocycles. The normalized spacial score (nSPS) is 35.5.